The lowest BCUT2D eigenvalue weighted by Crippen LogP contribution is -2.43. The van der Waals surface area contributed by atoms with Crippen molar-refractivity contribution >= 4 is 5.91 Å². The molecule has 23 heavy (non-hydrogen) atoms. The summed E-state index contributed by atoms with van der Waals surface area (Å²) in [5.74, 6) is 0.589. The van der Waals surface area contributed by atoms with Gasteiger partial charge in [-0.1, -0.05) is 24.3 Å². The van der Waals surface area contributed by atoms with Gasteiger partial charge in [-0.05, 0) is 48.7 Å². The van der Waals surface area contributed by atoms with Crippen LogP contribution in [0.25, 0.3) is 0 Å². The van der Waals surface area contributed by atoms with Gasteiger partial charge < -0.3 is 9.64 Å². The van der Waals surface area contributed by atoms with Gasteiger partial charge in [0.05, 0.1) is 11.6 Å². The molecule has 0 aliphatic carbocycles. The minimum atomic E-state index is -0.548. The van der Waals surface area contributed by atoms with E-state index in [0.29, 0.717) is 17.9 Å². The number of carbonyl (C=O) groups is 1. The van der Waals surface area contributed by atoms with Crippen LogP contribution in [0.3, 0.4) is 0 Å². The fraction of sp³-hybridized carbons (Fsp3) is 0.263. The Hall–Kier alpha value is -2.80. The van der Waals surface area contributed by atoms with Crippen LogP contribution >= 0.6 is 0 Å². The molecule has 1 aliphatic rings. The molecule has 0 unspecified atom stereocenters. The zero-order valence-electron chi connectivity index (χ0n) is 13.0. The van der Waals surface area contributed by atoms with Crippen LogP contribution in [0, 0.1) is 11.3 Å². The highest BCUT2D eigenvalue weighted by Gasteiger charge is 2.25. The summed E-state index contributed by atoms with van der Waals surface area (Å²) in [4.78, 5) is 14.4. The second-order valence-electron chi connectivity index (χ2n) is 5.67. The molecule has 3 rings (SSSR count). The van der Waals surface area contributed by atoms with Gasteiger partial charge in [-0.25, -0.2) is 0 Å². The van der Waals surface area contributed by atoms with Crippen molar-refractivity contribution in [2.45, 2.75) is 26.0 Å². The van der Waals surface area contributed by atoms with Crippen LogP contribution in [-0.2, 0) is 17.8 Å². The number of ether oxygens (including phenoxy) is 1. The van der Waals surface area contributed by atoms with Crippen molar-refractivity contribution in [1.29, 1.82) is 5.26 Å². The van der Waals surface area contributed by atoms with Crippen molar-refractivity contribution in [3.8, 4) is 11.8 Å². The zero-order chi connectivity index (χ0) is 16.2. The van der Waals surface area contributed by atoms with Crippen molar-refractivity contribution in [2.24, 2.45) is 0 Å². The standard InChI is InChI=1S/C19H18N2O2/c1-14(23-18-8-6-15(12-20)7-9-18)19(22)21-11-10-16-4-2-3-5-17(16)13-21/h2-9,14H,10-11,13H2,1H3/t14-/m0/s1. The molecule has 4 heteroatoms. The summed E-state index contributed by atoms with van der Waals surface area (Å²) in [5.41, 5.74) is 3.10. The maximum atomic E-state index is 12.6. The molecule has 0 aromatic heterocycles. The lowest BCUT2D eigenvalue weighted by molar-refractivity contribution is -0.138. The van der Waals surface area contributed by atoms with Crippen LogP contribution in [0.4, 0.5) is 0 Å². The van der Waals surface area contributed by atoms with Gasteiger partial charge >= 0.3 is 0 Å². The van der Waals surface area contributed by atoms with Crippen molar-refractivity contribution in [1.82, 2.24) is 4.90 Å². The van der Waals surface area contributed by atoms with E-state index in [0.717, 1.165) is 13.0 Å². The van der Waals surface area contributed by atoms with E-state index in [1.165, 1.54) is 11.1 Å². The highest BCUT2D eigenvalue weighted by Crippen LogP contribution is 2.20. The SMILES string of the molecule is C[C@H](Oc1ccc(C#N)cc1)C(=O)N1CCc2ccccc2C1. The molecule has 2 aromatic rings. The van der Waals surface area contributed by atoms with Crippen molar-refractivity contribution in [3.05, 3.63) is 65.2 Å². The molecule has 0 saturated heterocycles. The van der Waals surface area contributed by atoms with Crippen LogP contribution in [-0.4, -0.2) is 23.5 Å². The van der Waals surface area contributed by atoms with E-state index in [4.69, 9.17) is 10.00 Å². The molecule has 2 aromatic carbocycles. The van der Waals surface area contributed by atoms with E-state index in [-0.39, 0.29) is 5.91 Å². The Bertz CT molecular complexity index is 747. The summed E-state index contributed by atoms with van der Waals surface area (Å²) < 4.78 is 5.72. The second-order valence-corrected chi connectivity index (χ2v) is 5.67. The number of nitriles is 1. The number of rotatable bonds is 3. The molecular weight excluding hydrogens is 288 g/mol. The van der Waals surface area contributed by atoms with Crippen molar-refractivity contribution in [2.75, 3.05) is 6.54 Å². The normalized spacial score (nSPS) is 14.5. The average molecular weight is 306 g/mol. The summed E-state index contributed by atoms with van der Waals surface area (Å²) in [6.07, 6.45) is 0.332. The topological polar surface area (TPSA) is 53.3 Å². The first-order valence-corrected chi connectivity index (χ1v) is 7.70. The summed E-state index contributed by atoms with van der Waals surface area (Å²) in [5, 5.41) is 8.80. The molecular formula is C19H18N2O2. The lowest BCUT2D eigenvalue weighted by atomic mass is 9.99. The molecule has 0 saturated carbocycles. The van der Waals surface area contributed by atoms with Crippen molar-refractivity contribution < 1.29 is 9.53 Å². The highest BCUT2D eigenvalue weighted by molar-refractivity contribution is 5.81. The van der Waals surface area contributed by atoms with E-state index >= 15 is 0 Å². The Morgan fingerprint density at radius 3 is 2.57 bits per heavy atom. The summed E-state index contributed by atoms with van der Waals surface area (Å²) >= 11 is 0. The molecule has 0 radical (unpaired) electrons. The fourth-order valence-electron chi connectivity index (χ4n) is 2.80. The third kappa shape index (κ3) is 3.35. The number of hydrogen-bond donors (Lipinski definition) is 0. The first-order chi connectivity index (χ1) is 11.2. The lowest BCUT2D eigenvalue weighted by Gasteiger charge is -2.31. The van der Waals surface area contributed by atoms with E-state index < -0.39 is 6.10 Å². The van der Waals surface area contributed by atoms with Crippen LogP contribution < -0.4 is 4.74 Å². The van der Waals surface area contributed by atoms with Gasteiger partial charge in [0.25, 0.3) is 5.91 Å². The first-order valence-electron chi connectivity index (χ1n) is 7.70. The minimum Gasteiger partial charge on any atom is -0.481 e. The molecule has 1 aliphatic heterocycles. The van der Waals surface area contributed by atoms with Crippen LogP contribution in [0.2, 0.25) is 0 Å². The molecule has 1 atom stereocenters. The molecule has 1 amide bonds. The number of benzene rings is 2. The second kappa shape index (κ2) is 6.53. The molecule has 0 N–H and O–H groups in total. The molecule has 0 bridgehead atoms. The third-order valence-corrected chi connectivity index (χ3v) is 4.09. The Kier molecular flexibility index (Phi) is 4.29. The van der Waals surface area contributed by atoms with Gasteiger partial charge in [0, 0.05) is 13.1 Å². The third-order valence-electron chi connectivity index (χ3n) is 4.09. The highest BCUT2D eigenvalue weighted by atomic mass is 16.5. The Labute approximate surface area is 135 Å². The summed E-state index contributed by atoms with van der Waals surface area (Å²) in [6, 6.07) is 17.1. The Balaban J connectivity index is 1.65. The van der Waals surface area contributed by atoms with Gasteiger partial charge in [-0.2, -0.15) is 5.26 Å². The maximum Gasteiger partial charge on any atom is 0.263 e. The average Bonchev–Trinajstić information content (AvgIpc) is 2.61. The number of hydrogen-bond acceptors (Lipinski definition) is 3. The van der Waals surface area contributed by atoms with E-state index in [1.807, 2.05) is 17.0 Å². The van der Waals surface area contributed by atoms with Gasteiger partial charge in [0.2, 0.25) is 0 Å². The molecule has 0 fully saturated rings. The molecule has 0 spiro atoms. The van der Waals surface area contributed by atoms with Crippen LogP contribution in [0.1, 0.15) is 23.6 Å². The Morgan fingerprint density at radius 2 is 1.87 bits per heavy atom. The Morgan fingerprint density at radius 1 is 1.17 bits per heavy atom. The maximum absolute atomic E-state index is 12.6. The van der Waals surface area contributed by atoms with E-state index in [2.05, 4.69) is 18.2 Å². The minimum absolute atomic E-state index is 0.0103. The number of nitrogens with zero attached hydrogens (tertiary/aromatic N) is 2. The predicted octanol–water partition coefficient (Wildman–Crippen LogP) is 2.91. The van der Waals surface area contributed by atoms with Crippen LogP contribution in [0.15, 0.2) is 48.5 Å². The van der Waals surface area contributed by atoms with Gasteiger partial charge in [-0.15, -0.1) is 0 Å². The number of amides is 1. The molecule has 116 valence electrons. The van der Waals surface area contributed by atoms with Gasteiger partial charge in [0.1, 0.15) is 5.75 Å². The molecule has 4 nitrogen and oxygen atoms in total. The van der Waals surface area contributed by atoms with Crippen LogP contribution in [0.5, 0.6) is 5.75 Å². The smallest absolute Gasteiger partial charge is 0.263 e. The summed E-state index contributed by atoms with van der Waals surface area (Å²) in [7, 11) is 0. The van der Waals surface area contributed by atoms with Gasteiger partial charge in [0.15, 0.2) is 6.10 Å². The van der Waals surface area contributed by atoms with Crippen molar-refractivity contribution in [3.63, 3.8) is 0 Å². The predicted molar refractivity (Wildman–Crippen MR) is 86.8 cm³/mol. The number of carbonyl (C=O) groups excluding carboxylic acids is 1. The monoisotopic (exact) mass is 306 g/mol. The first kappa shape index (κ1) is 15.1. The van der Waals surface area contributed by atoms with E-state index in [1.54, 1.807) is 31.2 Å². The molecule has 1 heterocycles. The number of fused-ring (bicyclic) bond motifs is 1. The quantitative estimate of drug-likeness (QED) is 0.876. The summed E-state index contributed by atoms with van der Waals surface area (Å²) in [6.45, 7) is 3.12. The largest absolute Gasteiger partial charge is 0.481 e. The van der Waals surface area contributed by atoms with E-state index in [9.17, 15) is 4.79 Å². The fourth-order valence-corrected chi connectivity index (χ4v) is 2.80. The zero-order valence-corrected chi connectivity index (χ0v) is 13.0. The van der Waals surface area contributed by atoms with Gasteiger partial charge in [-0.3, -0.25) is 4.79 Å².